The van der Waals surface area contributed by atoms with Crippen LogP contribution in [0.2, 0.25) is 0 Å². The molecule has 5 nitrogen and oxygen atoms in total. The van der Waals surface area contributed by atoms with E-state index in [4.69, 9.17) is 4.74 Å². The maximum Gasteiger partial charge on any atom is 0.269 e. The van der Waals surface area contributed by atoms with Gasteiger partial charge in [0.25, 0.3) is 5.91 Å². The Bertz CT molecular complexity index is 835. The summed E-state index contributed by atoms with van der Waals surface area (Å²) in [5, 5.41) is 0.483. The number of hydrogen-bond donors (Lipinski definition) is 2. The lowest BCUT2D eigenvalue weighted by molar-refractivity contribution is 0.0962. The topological polar surface area (TPSA) is 63.2 Å². The van der Waals surface area contributed by atoms with Crippen molar-refractivity contribution < 1.29 is 13.9 Å². The standard InChI is InChI=1S/C15H12FN3O2S/c1-21-11-4-2-3-9(7-11)14(20)18-19-15-17-12-6-5-10(16)8-13(12)22-15/h2-8H,1H3,(H,17,19)(H,18,20). The first-order chi connectivity index (χ1) is 10.7. The van der Waals surface area contributed by atoms with Crippen LogP contribution in [-0.4, -0.2) is 18.0 Å². The van der Waals surface area contributed by atoms with Crippen molar-refractivity contribution in [3.05, 3.63) is 53.8 Å². The van der Waals surface area contributed by atoms with Crippen molar-refractivity contribution in [2.75, 3.05) is 12.5 Å². The van der Waals surface area contributed by atoms with E-state index in [-0.39, 0.29) is 11.7 Å². The van der Waals surface area contributed by atoms with Crippen LogP contribution in [0.15, 0.2) is 42.5 Å². The lowest BCUT2D eigenvalue weighted by atomic mass is 10.2. The van der Waals surface area contributed by atoms with Gasteiger partial charge in [-0.1, -0.05) is 17.4 Å². The second-order valence-corrected chi connectivity index (χ2v) is 5.47. The van der Waals surface area contributed by atoms with Crippen molar-refractivity contribution in [1.29, 1.82) is 0 Å². The molecule has 3 aromatic rings. The molecule has 1 aromatic heterocycles. The molecule has 7 heteroatoms. The maximum absolute atomic E-state index is 13.1. The van der Waals surface area contributed by atoms with E-state index in [1.165, 1.54) is 30.6 Å². The van der Waals surface area contributed by atoms with Gasteiger partial charge in [0, 0.05) is 5.56 Å². The monoisotopic (exact) mass is 317 g/mol. The van der Waals surface area contributed by atoms with Crippen molar-refractivity contribution >= 4 is 32.6 Å². The zero-order valence-corrected chi connectivity index (χ0v) is 12.4. The minimum Gasteiger partial charge on any atom is -0.497 e. The molecule has 0 fully saturated rings. The highest BCUT2D eigenvalue weighted by molar-refractivity contribution is 7.22. The van der Waals surface area contributed by atoms with Gasteiger partial charge in [0.05, 0.1) is 17.3 Å². The molecule has 0 bridgehead atoms. The van der Waals surface area contributed by atoms with Crippen molar-refractivity contribution in [2.45, 2.75) is 0 Å². The van der Waals surface area contributed by atoms with E-state index in [0.29, 0.717) is 26.7 Å². The van der Waals surface area contributed by atoms with E-state index in [9.17, 15) is 9.18 Å². The Balaban J connectivity index is 1.71. The zero-order valence-electron chi connectivity index (χ0n) is 11.6. The number of ether oxygens (including phenoxy) is 1. The van der Waals surface area contributed by atoms with E-state index < -0.39 is 0 Å². The van der Waals surface area contributed by atoms with Gasteiger partial charge in [0.2, 0.25) is 5.13 Å². The van der Waals surface area contributed by atoms with Crippen LogP contribution in [0.1, 0.15) is 10.4 Å². The number of carbonyl (C=O) groups excluding carboxylic acids is 1. The van der Waals surface area contributed by atoms with Crippen molar-refractivity contribution in [1.82, 2.24) is 10.4 Å². The van der Waals surface area contributed by atoms with Crippen LogP contribution in [0.4, 0.5) is 9.52 Å². The predicted octanol–water partition coefficient (Wildman–Crippen LogP) is 3.20. The van der Waals surface area contributed by atoms with Crippen LogP contribution < -0.4 is 15.6 Å². The summed E-state index contributed by atoms with van der Waals surface area (Å²) in [7, 11) is 1.54. The molecule has 22 heavy (non-hydrogen) atoms. The Kier molecular flexibility index (Phi) is 3.88. The highest BCUT2D eigenvalue weighted by Gasteiger charge is 2.08. The highest BCUT2D eigenvalue weighted by Crippen LogP contribution is 2.25. The lowest BCUT2D eigenvalue weighted by Gasteiger charge is -2.06. The summed E-state index contributed by atoms with van der Waals surface area (Å²) in [4.78, 5) is 16.3. The predicted molar refractivity (Wildman–Crippen MR) is 83.7 cm³/mol. The second kappa shape index (κ2) is 5.98. The van der Waals surface area contributed by atoms with Gasteiger partial charge in [0.15, 0.2) is 0 Å². The van der Waals surface area contributed by atoms with Gasteiger partial charge >= 0.3 is 0 Å². The molecule has 0 radical (unpaired) electrons. The second-order valence-electron chi connectivity index (χ2n) is 4.44. The Hall–Kier alpha value is -2.67. The first-order valence-corrected chi connectivity index (χ1v) is 7.24. The van der Waals surface area contributed by atoms with Gasteiger partial charge in [-0.15, -0.1) is 0 Å². The smallest absolute Gasteiger partial charge is 0.269 e. The molecule has 0 spiro atoms. The summed E-state index contributed by atoms with van der Waals surface area (Å²) in [5.41, 5.74) is 6.41. The third-order valence-electron chi connectivity index (χ3n) is 2.97. The largest absolute Gasteiger partial charge is 0.497 e. The summed E-state index contributed by atoms with van der Waals surface area (Å²) in [6.45, 7) is 0. The molecule has 2 N–H and O–H groups in total. The highest BCUT2D eigenvalue weighted by atomic mass is 32.1. The van der Waals surface area contributed by atoms with E-state index in [2.05, 4.69) is 15.8 Å². The van der Waals surface area contributed by atoms with Crippen molar-refractivity contribution in [3.8, 4) is 5.75 Å². The first-order valence-electron chi connectivity index (χ1n) is 6.42. The van der Waals surface area contributed by atoms with Crippen molar-refractivity contribution in [2.24, 2.45) is 0 Å². The number of nitrogens with one attached hydrogen (secondary N) is 2. The van der Waals surface area contributed by atoms with E-state index in [1.54, 1.807) is 30.3 Å². The van der Waals surface area contributed by atoms with Crippen LogP contribution in [0, 0.1) is 5.82 Å². The quantitative estimate of drug-likeness (QED) is 0.725. The summed E-state index contributed by atoms with van der Waals surface area (Å²) >= 11 is 1.25. The molecule has 0 unspecified atom stereocenters. The minimum absolute atomic E-state index is 0.315. The number of nitrogens with zero attached hydrogens (tertiary/aromatic N) is 1. The number of hydrazine groups is 1. The average molecular weight is 317 g/mol. The fourth-order valence-corrected chi connectivity index (χ4v) is 2.74. The number of fused-ring (bicyclic) bond motifs is 1. The number of halogens is 1. The Labute approximate surface area is 129 Å². The fraction of sp³-hybridized carbons (Fsp3) is 0.0667. The summed E-state index contributed by atoms with van der Waals surface area (Å²) in [6.07, 6.45) is 0. The lowest BCUT2D eigenvalue weighted by Crippen LogP contribution is -2.29. The van der Waals surface area contributed by atoms with Gasteiger partial charge in [-0.3, -0.25) is 15.6 Å². The Morgan fingerprint density at radius 1 is 1.27 bits per heavy atom. The molecule has 0 aliphatic carbocycles. The van der Waals surface area contributed by atoms with Gasteiger partial charge in [-0.25, -0.2) is 9.37 Å². The number of carbonyl (C=O) groups is 1. The number of anilines is 1. The summed E-state index contributed by atoms with van der Waals surface area (Å²) in [6, 6.07) is 11.1. The van der Waals surface area contributed by atoms with Gasteiger partial charge < -0.3 is 4.74 Å². The van der Waals surface area contributed by atoms with E-state index in [1.807, 2.05) is 0 Å². The van der Waals surface area contributed by atoms with Gasteiger partial charge in [0.1, 0.15) is 11.6 Å². The third-order valence-corrected chi connectivity index (χ3v) is 3.90. The fourth-order valence-electron chi connectivity index (χ4n) is 1.90. The van der Waals surface area contributed by atoms with Gasteiger partial charge in [-0.2, -0.15) is 0 Å². The molecular weight excluding hydrogens is 305 g/mol. The normalized spacial score (nSPS) is 10.5. The number of rotatable bonds is 4. The number of hydrogen-bond acceptors (Lipinski definition) is 5. The molecule has 1 amide bonds. The van der Waals surface area contributed by atoms with Crippen LogP contribution in [-0.2, 0) is 0 Å². The van der Waals surface area contributed by atoms with Crippen LogP contribution >= 0.6 is 11.3 Å². The zero-order chi connectivity index (χ0) is 15.5. The Morgan fingerprint density at radius 3 is 2.95 bits per heavy atom. The van der Waals surface area contributed by atoms with Gasteiger partial charge in [-0.05, 0) is 36.4 Å². The SMILES string of the molecule is COc1cccc(C(=O)NNc2nc3ccc(F)cc3s2)c1. The molecule has 0 saturated heterocycles. The molecule has 0 atom stereocenters. The molecule has 1 heterocycles. The Morgan fingerprint density at radius 2 is 2.14 bits per heavy atom. The number of aromatic nitrogens is 1. The molecule has 2 aromatic carbocycles. The first kappa shape index (κ1) is 14.3. The average Bonchev–Trinajstić information content (AvgIpc) is 2.94. The molecule has 3 rings (SSSR count). The number of methoxy groups -OCH3 is 1. The molecule has 0 aliphatic rings. The van der Waals surface area contributed by atoms with E-state index >= 15 is 0 Å². The summed E-state index contributed by atoms with van der Waals surface area (Å²) in [5.74, 6) is -0.0319. The van der Waals surface area contributed by atoms with Crippen LogP contribution in [0.5, 0.6) is 5.75 Å². The number of benzene rings is 2. The summed E-state index contributed by atoms with van der Waals surface area (Å²) < 4.78 is 18.9. The maximum atomic E-state index is 13.1. The minimum atomic E-state index is -0.317. The molecule has 0 aliphatic heterocycles. The third kappa shape index (κ3) is 2.99. The molecule has 0 saturated carbocycles. The number of amides is 1. The van der Waals surface area contributed by atoms with E-state index in [0.717, 1.165) is 0 Å². The van der Waals surface area contributed by atoms with Crippen LogP contribution in [0.25, 0.3) is 10.2 Å². The molecule has 112 valence electrons. The van der Waals surface area contributed by atoms with Crippen molar-refractivity contribution in [3.63, 3.8) is 0 Å². The number of thiazole rings is 1. The molecular formula is C15H12FN3O2S. The van der Waals surface area contributed by atoms with Crippen LogP contribution in [0.3, 0.4) is 0 Å².